The highest BCUT2D eigenvalue weighted by molar-refractivity contribution is 5.95. The molecule has 4 nitrogen and oxygen atoms in total. The quantitative estimate of drug-likeness (QED) is 0.489. The SMILES string of the molecule is CC1CCC(OC(=O)c2cc(O)ccc2N)CC1C. The fourth-order valence-electron chi connectivity index (χ4n) is 2.54. The van der Waals surface area contributed by atoms with Crippen molar-refractivity contribution in [3.63, 3.8) is 0 Å². The summed E-state index contributed by atoms with van der Waals surface area (Å²) in [5.74, 6) is 0.820. The van der Waals surface area contributed by atoms with E-state index in [9.17, 15) is 9.90 Å². The van der Waals surface area contributed by atoms with Crippen LogP contribution in [0.3, 0.4) is 0 Å². The Balaban J connectivity index is 2.03. The van der Waals surface area contributed by atoms with Crippen LogP contribution in [0.5, 0.6) is 5.75 Å². The van der Waals surface area contributed by atoms with Gasteiger partial charge in [0.25, 0.3) is 0 Å². The van der Waals surface area contributed by atoms with E-state index < -0.39 is 5.97 Å². The first-order valence-corrected chi connectivity index (χ1v) is 6.77. The van der Waals surface area contributed by atoms with Crippen LogP contribution in [-0.2, 0) is 4.74 Å². The van der Waals surface area contributed by atoms with Gasteiger partial charge in [-0.25, -0.2) is 4.79 Å². The van der Waals surface area contributed by atoms with E-state index in [1.165, 1.54) is 18.2 Å². The molecule has 0 amide bonds. The van der Waals surface area contributed by atoms with Gasteiger partial charge in [0.15, 0.2) is 0 Å². The number of nitrogen functional groups attached to an aromatic ring is 1. The number of phenolic OH excluding ortho intramolecular Hbond substituents is 1. The van der Waals surface area contributed by atoms with Crippen molar-refractivity contribution in [1.29, 1.82) is 0 Å². The maximum absolute atomic E-state index is 12.1. The number of hydrogen-bond acceptors (Lipinski definition) is 4. The molecule has 0 bridgehead atoms. The van der Waals surface area contributed by atoms with E-state index in [-0.39, 0.29) is 17.4 Å². The zero-order valence-electron chi connectivity index (χ0n) is 11.4. The van der Waals surface area contributed by atoms with Gasteiger partial charge in [-0.05, 0) is 49.3 Å². The number of esters is 1. The highest BCUT2D eigenvalue weighted by Crippen LogP contribution is 2.31. The molecule has 3 N–H and O–H groups in total. The molecule has 1 aromatic carbocycles. The minimum absolute atomic E-state index is 0.0202. The van der Waals surface area contributed by atoms with Gasteiger partial charge in [0.1, 0.15) is 11.9 Å². The second-order valence-corrected chi connectivity index (χ2v) is 5.57. The first-order chi connectivity index (χ1) is 8.97. The van der Waals surface area contributed by atoms with Crippen LogP contribution >= 0.6 is 0 Å². The Labute approximate surface area is 113 Å². The molecule has 0 heterocycles. The molecule has 1 aliphatic rings. The van der Waals surface area contributed by atoms with Crippen molar-refractivity contribution in [2.75, 3.05) is 5.73 Å². The fourth-order valence-corrected chi connectivity index (χ4v) is 2.54. The smallest absolute Gasteiger partial charge is 0.340 e. The van der Waals surface area contributed by atoms with E-state index in [0.29, 0.717) is 17.5 Å². The molecule has 1 aliphatic carbocycles. The molecule has 0 aromatic heterocycles. The van der Waals surface area contributed by atoms with Crippen molar-refractivity contribution < 1.29 is 14.6 Å². The predicted octanol–water partition coefficient (Wildman–Crippen LogP) is 2.96. The summed E-state index contributed by atoms with van der Waals surface area (Å²) in [5, 5.41) is 9.41. The molecule has 1 fully saturated rings. The first-order valence-electron chi connectivity index (χ1n) is 6.77. The molecule has 1 aromatic rings. The number of benzene rings is 1. The number of nitrogens with two attached hydrogens (primary N) is 1. The Bertz CT molecular complexity index is 472. The number of carbonyl (C=O) groups excluding carboxylic acids is 1. The summed E-state index contributed by atoms with van der Waals surface area (Å²) >= 11 is 0. The van der Waals surface area contributed by atoms with Gasteiger partial charge in [0.05, 0.1) is 5.56 Å². The van der Waals surface area contributed by atoms with E-state index in [4.69, 9.17) is 10.5 Å². The number of aromatic hydroxyl groups is 1. The van der Waals surface area contributed by atoms with Crippen LogP contribution in [0.2, 0.25) is 0 Å². The van der Waals surface area contributed by atoms with Crippen LogP contribution in [-0.4, -0.2) is 17.2 Å². The molecule has 1 saturated carbocycles. The summed E-state index contributed by atoms with van der Waals surface area (Å²) < 4.78 is 5.50. The Morgan fingerprint density at radius 2 is 2.05 bits per heavy atom. The molecule has 0 radical (unpaired) electrons. The van der Waals surface area contributed by atoms with E-state index in [0.717, 1.165) is 19.3 Å². The Morgan fingerprint density at radius 3 is 2.74 bits per heavy atom. The minimum Gasteiger partial charge on any atom is -0.508 e. The summed E-state index contributed by atoms with van der Waals surface area (Å²) in [6, 6.07) is 4.32. The highest BCUT2D eigenvalue weighted by Gasteiger charge is 2.27. The molecule has 0 aliphatic heterocycles. The van der Waals surface area contributed by atoms with Crippen molar-refractivity contribution >= 4 is 11.7 Å². The average Bonchev–Trinajstić information content (AvgIpc) is 2.36. The monoisotopic (exact) mass is 263 g/mol. The largest absolute Gasteiger partial charge is 0.508 e. The van der Waals surface area contributed by atoms with Crippen molar-refractivity contribution in [2.24, 2.45) is 11.8 Å². The molecule has 104 valence electrons. The molecular formula is C15H21NO3. The lowest BCUT2D eigenvalue weighted by molar-refractivity contribution is 0.00886. The summed E-state index contributed by atoms with van der Waals surface area (Å²) in [7, 11) is 0. The topological polar surface area (TPSA) is 72.5 Å². The van der Waals surface area contributed by atoms with Gasteiger partial charge in [0.2, 0.25) is 0 Å². The lowest BCUT2D eigenvalue weighted by atomic mass is 9.80. The molecule has 0 saturated heterocycles. The van der Waals surface area contributed by atoms with Crippen molar-refractivity contribution in [1.82, 2.24) is 0 Å². The normalized spacial score (nSPS) is 26.9. The third-order valence-electron chi connectivity index (χ3n) is 4.08. The van der Waals surface area contributed by atoms with Crippen LogP contribution in [0.1, 0.15) is 43.5 Å². The van der Waals surface area contributed by atoms with Gasteiger partial charge in [0, 0.05) is 5.69 Å². The van der Waals surface area contributed by atoms with Gasteiger partial charge in [-0.15, -0.1) is 0 Å². The predicted molar refractivity (Wildman–Crippen MR) is 73.9 cm³/mol. The number of carbonyl (C=O) groups is 1. The average molecular weight is 263 g/mol. The number of phenols is 1. The maximum atomic E-state index is 12.1. The molecule has 3 unspecified atom stereocenters. The number of rotatable bonds is 2. The van der Waals surface area contributed by atoms with E-state index in [2.05, 4.69) is 13.8 Å². The van der Waals surface area contributed by atoms with Crippen LogP contribution in [0.25, 0.3) is 0 Å². The van der Waals surface area contributed by atoms with Crippen molar-refractivity contribution in [2.45, 2.75) is 39.2 Å². The van der Waals surface area contributed by atoms with Gasteiger partial charge in [-0.1, -0.05) is 13.8 Å². The number of anilines is 1. The summed E-state index contributed by atoms with van der Waals surface area (Å²) in [5.41, 5.74) is 6.31. The lowest BCUT2D eigenvalue weighted by Crippen LogP contribution is -2.28. The zero-order valence-corrected chi connectivity index (χ0v) is 11.4. The first kappa shape index (κ1) is 13.7. The summed E-state index contributed by atoms with van der Waals surface area (Å²) in [4.78, 5) is 12.1. The van der Waals surface area contributed by atoms with E-state index in [1.54, 1.807) is 0 Å². The second kappa shape index (κ2) is 5.51. The Hall–Kier alpha value is -1.71. The van der Waals surface area contributed by atoms with Crippen molar-refractivity contribution in [3.8, 4) is 5.75 Å². The van der Waals surface area contributed by atoms with E-state index >= 15 is 0 Å². The van der Waals surface area contributed by atoms with Gasteiger partial charge < -0.3 is 15.6 Å². The van der Waals surface area contributed by atoms with Crippen LogP contribution in [0.15, 0.2) is 18.2 Å². The van der Waals surface area contributed by atoms with Gasteiger partial charge in [-0.3, -0.25) is 0 Å². The fraction of sp³-hybridized carbons (Fsp3) is 0.533. The van der Waals surface area contributed by atoms with Gasteiger partial charge in [-0.2, -0.15) is 0 Å². The molecule has 19 heavy (non-hydrogen) atoms. The lowest BCUT2D eigenvalue weighted by Gasteiger charge is -2.31. The zero-order chi connectivity index (χ0) is 14.0. The second-order valence-electron chi connectivity index (χ2n) is 5.57. The maximum Gasteiger partial charge on any atom is 0.340 e. The summed E-state index contributed by atoms with van der Waals surface area (Å²) in [6.07, 6.45) is 2.83. The third kappa shape index (κ3) is 3.19. The minimum atomic E-state index is -0.444. The van der Waals surface area contributed by atoms with E-state index in [1.807, 2.05) is 0 Å². The molecule has 4 heteroatoms. The Kier molecular flexibility index (Phi) is 3.98. The molecule has 3 atom stereocenters. The van der Waals surface area contributed by atoms with Crippen molar-refractivity contribution in [3.05, 3.63) is 23.8 Å². The standard InChI is InChI=1S/C15H21NO3/c1-9-3-5-12(7-10(9)2)19-15(18)13-8-11(17)4-6-14(13)16/h4,6,8-10,12,17H,3,5,7,16H2,1-2H3. The van der Waals surface area contributed by atoms with Gasteiger partial charge >= 0.3 is 5.97 Å². The van der Waals surface area contributed by atoms with Crippen LogP contribution in [0, 0.1) is 11.8 Å². The van der Waals surface area contributed by atoms with Crippen LogP contribution in [0.4, 0.5) is 5.69 Å². The third-order valence-corrected chi connectivity index (χ3v) is 4.08. The highest BCUT2D eigenvalue weighted by atomic mass is 16.5. The summed E-state index contributed by atoms with van der Waals surface area (Å²) in [6.45, 7) is 4.42. The molecule has 2 rings (SSSR count). The molecule has 0 spiro atoms. The molecular weight excluding hydrogens is 242 g/mol. The Morgan fingerprint density at radius 1 is 1.32 bits per heavy atom. The van der Waals surface area contributed by atoms with Crippen LogP contribution < -0.4 is 5.73 Å². The number of hydrogen-bond donors (Lipinski definition) is 2. The number of ether oxygens (including phenoxy) is 1.